The summed E-state index contributed by atoms with van der Waals surface area (Å²) in [5, 5.41) is 16.2. The third-order valence-electron chi connectivity index (χ3n) is 1.12. The standard InChI is InChI=1S/C3H9O5P.C3H8O4S/c4-2-1-3-8-9(5,6)7;4-2-1-3-8(5,6)7/h4H,1-3H2,(H2,5,6,7);4H,1-3H2,(H,5,6,7). The second kappa shape index (κ2) is 9.92. The van der Waals surface area contributed by atoms with E-state index in [1.165, 1.54) is 0 Å². The summed E-state index contributed by atoms with van der Waals surface area (Å²) in [6.07, 6.45) is 0.337. The predicted octanol–water partition coefficient (Wildman–Crippen LogP) is -1.27. The number of phosphoric acid groups is 1. The Balaban J connectivity index is 0. The Hall–Kier alpha value is -0.0600. The van der Waals surface area contributed by atoms with Crippen molar-refractivity contribution in [1.82, 2.24) is 0 Å². The molecule has 0 amide bonds. The molecule has 11 heteroatoms. The lowest BCUT2D eigenvalue weighted by Gasteiger charge is -2.01. The first kappa shape index (κ1) is 19.3. The van der Waals surface area contributed by atoms with E-state index in [-0.39, 0.29) is 38.4 Å². The van der Waals surface area contributed by atoms with E-state index in [0.717, 1.165) is 0 Å². The van der Waals surface area contributed by atoms with Crippen molar-refractivity contribution in [3.8, 4) is 0 Å². The second-order valence-electron chi connectivity index (χ2n) is 2.76. The first-order chi connectivity index (χ1) is 7.62. The van der Waals surface area contributed by atoms with Gasteiger partial charge < -0.3 is 20.0 Å². The van der Waals surface area contributed by atoms with Crippen LogP contribution >= 0.6 is 7.82 Å². The summed E-state index contributed by atoms with van der Waals surface area (Å²) in [4.78, 5) is 16.1. The van der Waals surface area contributed by atoms with Crippen LogP contribution in [0.5, 0.6) is 0 Å². The first-order valence-corrected chi connectivity index (χ1v) is 7.63. The van der Waals surface area contributed by atoms with E-state index in [0.29, 0.717) is 0 Å². The van der Waals surface area contributed by atoms with Crippen molar-refractivity contribution in [2.24, 2.45) is 0 Å². The highest BCUT2D eigenvalue weighted by molar-refractivity contribution is 7.85. The van der Waals surface area contributed by atoms with Crippen molar-refractivity contribution >= 4 is 17.9 Å². The Bertz CT molecular complexity index is 307. The van der Waals surface area contributed by atoms with E-state index in [1.54, 1.807) is 0 Å². The summed E-state index contributed by atoms with van der Waals surface area (Å²) in [6, 6.07) is 0. The minimum atomic E-state index is -4.31. The molecule has 0 rings (SSSR count). The third kappa shape index (κ3) is 25.9. The number of aliphatic hydroxyl groups excluding tert-OH is 2. The van der Waals surface area contributed by atoms with E-state index in [2.05, 4.69) is 4.52 Å². The van der Waals surface area contributed by atoms with Crippen molar-refractivity contribution in [2.45, 2.75) is 12.8 Å². The molecule has 0 saturated heterocycles. The van der Waals surface area contributed by atoms with Crippen LogP contribution in [0.25, 0.3) is 0 Å². The zero-order valence-corrected chi connectivity index (χ0v) is 10.7. The molecule has 106 valence electrons. The van der Waals surface area contributed by atoms with Crippen LogP contribution in [-0.2, 0) is 19.2 Å². The smallest absolute Gasteiger partial charge is 0.396 e. The molecule has 17 heavy (non-hydrogen) atoms. The number of aliphatic hydroxyl groups is 2. The predicted molar refractivity (Wildman–Crippen MR) is 57.8 cm³/mol. The van der Waals surface area contributed by atoms with Crippen LogP contribution in [0.15, 0.2) is 0 Å². The molecule has 0 heterocycles. The van der Waals surface area contributed by atoms with E-state index >= 15 is 0 Å². The maximum Gasteiger partial charge on any atom is 0.469 e. The van der Waals surface area contributed by atoms with Gasteiger partial charge in [0.2, 0.25) is 0 Å². The summed E-state index contributed by atoms with van der Waals surface area (Å²) < 4.78 is 41.6. The Labute approximate surface area is 99.0 Å². The molecule has 0 aliphatic rings. The first-order valence-electron chi connectivity index (χ1n) is 4.49. The van der Waals surface area contributed by atoms with Gasteiger partial charge in [-0.25, -0.2) is 4.57 Å². The van der Waals surface area contributed by atoms with E-state index < -0.39 is 17.9 Å². The van der Waals surface area contributed by atoms with Gasteiger partial charge in [0.1, 0.15) is 0 Å². The second-order valence-corrected chi connectivity index (χ2v) is 5.58. The van der Waals surface area contributed by atoms with E-state index in [4.69, 9.17) is 24.6 Å². The summed E-state index contributed by atoms with van der Waals surface area (Å²) in [5.74, 6) is -0.358. The monoisotopic (exact) mass is 296 g/mol. The highest BCUT2D eigenvalue weighted by atomic mass is 32.2. The van der Waals surface area contributed by atoms with Crippen molar-refractivity contribution < 1.29 is 42.1 Å². The van der Waals surface area contributed by atoms with Crippen molar-refractivity contribution in [3.05, 3.63) is 0 Å². The number of hydrogen-bond donors (Lipinski definition) is 5. The quantitative estimate of drug-likeness (QED) is 0.219. The number of hydrogen-bond acceptors (Lipinski definition) is 6. The van der Waals surface area contributed by atoms with Gasteiger partial charge in [-0.05, 0) is 12.8 Å². The van der Waals surface area contributed by atoms with Crippen LogP contribution in [0.2, 0.25) is 0 Å². The normalized spacial score (nSPS) is 11.8. The van der Waals surface area contributed by atoms with Gasteiger partial charge >= 0.3 is 7.82 Å². The van der Waals surface area contributed by atoms with Crippen molar-refractivity contribution in [2.75, 3.05) is 25.6 Å². The molecule has 0 spiro atoms. The lowest BCUT2D eigenvalue weighted by atomic mass is 10.5. The van der Waals surface area contributed by atoms with Gasteiger partial charge in [0.15, 0.2) is 0 Å². The highest BCUT2D eigenvalue weighted by Crippen LogP contribution is 2.35. The van der Waals surface area contributed by atoms with Gasteiger partial charge in [-0.15, -0.1) is 0 Å². The molecule has 0 aliphatic carbocycles. The minimum absolute atomic E-state index is 0.0961. The topological polar surface area (TPSA) is 162 Å². The summed E-state index contributed by atoms with van der Waals surface area (Å²) in [6.45, 7) is -0.444. The summed E-state index contributed by atoms with van der Waals surface area (Å²) in [5.41, 5.74) is 0. The third-order valence-corrected chi connectivity index (χ3v) is 2.45. The van der Waals surface area contributed by atoms with Crippen LogP contribution in [0.3, 0.4) is 0 Å². The molecule has 0 aromatic rings. The van der Waals surface area contributed by atoms with Gasteiger partial charge in [0, 0.05) is 13.2 Å². The molecule has 0 atom stereocenters. The average molecular weight is 296 g/mol. The average Bonchev–Trinajstić information content (AvgIpc) is 2.13. The van der Waals surface area contributed by atoms with Crippen LogP contribution in [0.1, 0.15) is 12.8 Å². The van der Waals surface area contributed by atoms with E-state index in [9.17, 15) is 13.0 Å². The highest BCUT2D eigenvalue weighted by Gasteiger charge is 2.11. The minimum Gasteiger partial charge on any atom is -0.396 e. The Morgan fingerprint density at radius 2 is 1.53 bits per heavy atom. The molecular weight excluding hydrogens is 279 g/mol. The van der Waals surface area contributed by atoms with Gasteiger partial charge in [0.25, 0.3) is 10.1 Å². The zero-order chi connectivity index (χ0) is 13.9. The number of rotatable bonds is 7. The van der Waals surface area contributed by atoms with Gasteiger partial charge in [-0.2, -0.15) is 8.42 Å². The molecule has 0 aromatic carbocycles. The van der Waals surface area contributed by atoms with Crippen LogP contribution in [0.4, 0.5) is 0 Å². The molecule has 0 bridgehead atoms. The van der Waals surface area contributed by atoms with Crippen LogP contribution in [-0.4, -0.2) is 58.5 Å². The molecular formula is C6H17O9PS. The fourth-order valence-corrected chi connectivity index (χ4v) is 1.36. The Morgan fingerprint density at radius 3 is 1.76 bits per heavy atom. The Morgan fingerprint density at radius 1 is 1.06 bits per heavy atom. The lowest BCUT2D eigenvalue weighted by molar-refractivity contribution is 0.176. The fourth-order valence-electron chi connectivity index (χ4n) is 0.495. The van der Waals surface area contributed by atoms with Gasteiger partial charge in [0.05, 0.1) is 12.4 Å². The van der Waals surface area contributed by atoms with Crippen molar-refractivity contribution in [3.63, 3.8) is 0 Å². The van der Waals surface area contributed by atoms with Crippen molar-refractivity contribution in [1.29, 1.82) is 0 Å². The molecule has 0 aliphatic heterocycles. The van der Waals surface area contributed by atoms with Gasteiger partial charge in [-0.1, -0.05) is 0 Å². The summed E-state index contributed by atoms with van der Waals surface area (Å²) >= 11 is 0. The fraction of sp³-hybridized carbons (Fsp3) is 1.00. The van der Waals surface area contributed by atoms with Crippen LogP contribution in [0, 0.1) is 0 Å². The molecule has 0 unspecified atom stereocenters. The maximum absolute atomic E-state index is 9.90. The zero-order valence-electron chi connectivity index (χ0n) is 8.97. The molecule has 0 saturated carbocycles. The molecule has 0 fully saturated rings. The largest absolute Gasteiger partial charge is 0.469 e. The Kier molecular flexibility index (Phi) is 11.3. The van der Waals surface area contributed by atoms with Gasteiger partial charge in [-0.3, -0.25) is 9.08 Å². The molecule has 9 nitrogen and oxygen atoms in total. The van der Waals surface area contributed by atoms with E-state index in [1.807, 2.05) is 0 Å². The van der Waals surface area contributed by atoms with Crippen LogP contribution < -0.4 is 0 Å². The summed E-state index contributed by atoms with van der Waals surface area (Å²) in [7, 11) is -8.15. The maximum atomic E-state index is 9.90. The molecule has 5 N–H and O–H groups in total. The SMILES string of the molecule is O=P(O)(O)OCCCO.O=S(=O)(O)CCCO. The molecule has 0 radical (unpaired) electrons. The lowest BCUT2D eigenvalue weighted by Crippen LogP contribution is -2.04. The number of phosphoric ester groups is 1. The molecule has 0 aromatic heterocycles.